The number of carbonyl (C=O) groups is 1. The van der Waals surface area contributed by atoms with Gasteiger partial charge in [0.1, 0.15) is 28.8 Å². The average Bonchev–Trinajstić information content (AvgIpc) is 3.11. The molecule has 5 nitrogen and oxygen atoms in total. The van der Waals surface area contributed by atoms with Crippen molar-refractivity contribution in [3.05, 3.63) is 41.2 Å². The summed E-state index contributed by atoms with van der Waals surface area (Å²) in [4.78, 5) is 11.1. The average molecular weight is 433 g/mol. The van der Waals surface area contributed by atoms with Crippen molar-refractivity contribution in [1.82, 2.24) is 9.78 Å². The Bertz CT molecular complexity index is 854. The molecule has 2 aromatic rings. The quantitative estimate of drug-likeness (QED) is 0.394. The molecular formula is C19H20Cl2F2N2O3. The number of ether oxygens (including phenoxy) is 2. The molecule has 0 saturated carbocycles. The lowest BCUT2D eigenvalue weighted by molar-refractivity contribution is -0.157. The fourth-order valence-corrected chi connectivity index (χ4v) is 3.90. The van der Waals surface area contributed by atoms with Crippen LogP contribution in [-0.4, -0.2) is 34.0 Å². The predicted octanol–water partition coefficient (Wildman–Crippen LogP) is 4.82. The molecule has 1 saturated heterocycles. The van der Waals surface area contributed by atoms with Crippen molar-refractivity contribution < 1.29 is 23.0 Å². The van der Waals surface area contributed by atoms with Crippen LogP contribution in [0.3, 0.4) is 0 Å². The van der Waals surface area contributed by atoms with Gasteiger partial charge in [0.15, 0.2) is 0 Å². The van der Waals surface area contributed by atoms with Crippen molar-refractivity contribution >= 4 is 29.2 Å². The summed E-state index contributed by atoms with van der Waals surface area (Å²) in [5.41, 5.74) is 0.278. The maximum Gasteiger partial charge on any atom is 0.302 e. The summed E-state index contributed by atoms with van der Waals surface area (Å²) < 4.78 is 40.2. The Hall–Kier alpha value is -1.70. The Balaban J connectivity index is 1.88. The lowest BCUT2D eigenvalue weighted by Gasteiger charge is -2.42. The molecule has 1 fully saturated rings. The van der Waals surface area contributed by atoms with Gasteiger partial charge in [-0.25, -0.2) is 8.78 Å². The van der Waals surface area contributed by atoms with Crippen LogP contribution in [0.15, 0.2) is 24.5 Å². The zero-order valence-corrected chi connectivity index (χ0v) is 17.0. The minimum absolute atomic E-state index is 0.0733. The second-order valence-corrected chi connectivity index (χ2v) is 7.81. The van der Waals surface area contributed by atoms with Gasteiger partial charge in [0, 0.05) is 30.5 Å². The van der Waals surface area contributed by atoms with Gasteiger partial charge in [0.05, 0.1) is 18.3 Å². The number of aromatic nitrogens is 2. The molecule has 0 bridgehead atoms. The third-order valence-electron chi connectivity index (χ3n) is 5.06. The molecule has 0 aliphatic carbocycles. The number of esters is 1. The molecule has 28 heavy (non-hydrogen) atoms. The molecule has 1 aliphatic heterocycles. The van der Waals surface area contributed by atoms with Crippen LogP contribution in [0.2, 0.25) is 5.02 Å². The summed E-state index contributed by atoms with van der Waals surface area (Å²) in [6.45, 7) is 5.31. The summed E-state index contributed by atoms with van der Waals surface area (Å²) in [6.07, 6.45) is 2.84. The van der Waals surface area contributed by atoms with E-state index < -0.39 is 34.3 Å². The van der Waals surface area contributed by atoms with Gasteiger partial charge >= 0.3 is 5.97 Å². The summed E-state index contributed by atoms with van der Waals surface area (Å²) in [5, 5.41) is 3.84. The summed E-state index contributed by atoms with van der Waals surface area (Å²) in [5.74, 6) is -2.24. The first-order valence-corrected chi connectivity index (χ1v) is 9.62. The smallest absolute Gasteiger partial charge is 0.302 e. The van der Waals surface area contributed by atoms with E-state index >= 15 is 0 Å². The monoisotopic (exact) mass is 432 g/mol. The highest BCUT2D eigenvalue weighted by atomic mass is 35.5. The Morgan fingerprint density at radius 1 is 1.25 bits per heavy atom. The first kappa shape index (κ1) is 21.0. The van der Waals surface area contributed by atoms with E-state index in [0.29, 0.717) is 11.1 Å². The van der Waals surface area contributed by atoms with Gasteiger partial charge in [-0.2, -0.15) is 5.10 Å². The third kappa shape index (κ3) is 4.16. The number of nitrogens with zero attached hydrogens (tertiary/aromatic N) is 2. The van der Waals surface area contributed by atoms with E-state index in [2.05, 4.69) is 5.10 Å². The number of hydrogen-bond donors (Lipinski definition) is 0. The Morgan fingerprint density at radius 2 is 1.89 bits per heavy atom. The van der Waals surface area contributed by atoms with Gasteiger partial charge in [-0.15, -0.1) is 0 Å². The van der Waals surface area contributed by atoms with Crippen LogP contribution in [0.4, 0.5) is 8.78 Å². The van der Waals surface area contributed by atoms with Crippen LogP contribution in [0.5, 0.6) is 0 Å². The highest BCUT2D eigenvalue weighted by molar-refractivity contribution is 6.31. The van der Waals surface area contributed by atoms with Crippen molar-refractivity contribution in [2.75, 3.05) is 6.61 Å². The molecule has 0 radical (unpaired) electrons. The molecule has 2 heterocycles. The maximum absolute atomic E-state index is 13.8. The van der Waals surface area contributed by atoms with Crippen molar-refractivity contribution in [3.8, 4) is 11.1 Å². The van der Waals surface area contributed by atoms with Crippen molar-refractivity contribution in [1.29, 1.82) is 0 Å². The number of halogens is 4. The number of hydrogen-bond acceptors (Lipinski definition) is 4. The topological polar surface area (TPSA) is 53.4 Å². The van der Waals surface area contributed by atoms with Crippen molar-refractivity contribution in [3.63, 3.8) is 0 Å². The lowest BCUT2D eigenvalue weighted by atomic mass is 9.84. The third-order valence-corrected chi connectivity index (χ3v) is 5.92. The highest BCUT2D eigenvalue weighted by Gasteiger charge is 2.42. The largest absolute Gasteiger partial charge is 0.463 e. The minimum atomic E-state index is -0.834. The van der Waals surface area contributed by atoms with E-state index in [4.69, 9.17) is 32.7 Å². The fourth-order valence-electron chi connectivity index (χ4n) is 3.51. The molecule has 3 rings (SSSR count). The molecule has 1 aliphatic rings. The zero-order valence-electron chi connectivity index (χ0n) is 15.5. The van der Waals surface area contributed by atoms with Gasteiger partial charge in [-0.1, -0.05) is 37.0 Å². The van der Waals surface area contributed by atoms with Crippen LogP contribution in [-0.2, 0) is 14.3 Å². The Labute approximate surface area is 171 Å². The van der Waals surface area contributed by atoms with E-state index in [0.717, 1.165) is 12.1 Å². The Kier molecular flexibility index (Phi) is 6.27. The number of rotatable bonds is 4. The standard InChI is InChI=1S/C19H20Cl2F2N2O3/c1-9-16(8-27-11(3)26)28-19(21)10(2)18(9)25-7-13(6-24-25)12-4-14(22)17(20)15(23)5-12/h4-7,9-10,16,18-19H,8H2,1-3H3/t9-,10?,16?,18-,19+/m0/s1. The van der Waals surface area contributed by atoms with Crippen molar-refractivity contribution in [2.45, 2.75) is 38.5 Å². The van der Waals surface area contributed by atoms with Crippen LogP contribution < -0.4 is 0 Å². The first-order chi connectivity index (χ1) is 13.2. The molecule has 9 heteroatoms. The van der Waals surface area contributed by atoms with Gasteiger partial charge in [0.2, 0.25) is 0 Å². The number of benzene rings is 1. The highest BCUT2D eigenvalue weighted by Crippen LogP contribution is 2.40. The minimum Gasteiger partial charge on any atom is -0.463 e. The summed E-state index contributed by atoms with van der Waals surface area (Å²) in [6, 6.07) is 2.17. The SMILES string of the molecule is CC(=O)OCC1O[C@@H](Cl)C(C)[C@@H](n2cc(-c3cc(F)c(Cl)c(F)c3)cn2)[C@H]1C. The molecule has 1 aromatic heterocycles. The molecule has 0 spiro atoms. The van der Waals surface area contributed by atoms with E-state index in [1.807, 2.05) is 13.8 Å². The van der Waals surface area contributed by atoms with Crippen molar-refractivity contribution in [2.24, 2.45) is 11.8 Å². The molecule has 2 unspecified atom stereocenters. The first-order valence-electron chi connectivity index (χ1n) is 8.81. The van der Waals surface area contributed by atoms with Crippen LogP contribution >= 0.6 is 23.2 Å². The molecule has 5 atom stereocenters. The zero-order chi connectivity index (χ0) is 20.6. The van der Waals surface area contributed by atoms with Gasteiger partial charge in [0.25, 0.3) is 0 Å². The Morgan fingerprint density at radius 3 is 2.50 bits per heavy atom. The number of alkyl halides is 1. The second kappa shape index (κ2) is 8.35. The van der Waals surface area contributed by atoms with Gasteiger partial charge in [-0.3, -0.25) is 9.48 Å². The second-order valence-electron chi connectivity index (χ2n) is 7.00. The van der Waals surface area contributed by atoms with Crippen LogP contribution in [0.1, 0.15) is 26.8 Å². The van der Waals surface area contributed by atoms with Gasteiger partial charge < -0.3 is 9.47 Å². The van der Waals surface area contributed by atoms with Gasteiger partial charge in [-0.05, 0) is 17.7 Å². The molecule has 0 amide bonds. The molecule has 1 aromatic carbocycles. The predicted molar refractivity (Wildman–Crippen MR) is 101 cm³/mol. The van der Waals surface area contributed by atoms with Crippen LogP contribution in [0.25, 0.3) is 11.1 Å². The summed E-state index contributed by atoms with van der Waals surface area (Å²) >= 11 is 11.9. The van der Waals surface area contributed by atoms with E-state index in [1.54, 1.807) is 10.9 Å². The fraction of sp³-hybridized carbons (Fsp3) is 0.474. The van der Waals surface area contributed by atoms with E-state index in [1.165, 1.54) is 13.1 Å². The normalized spacial score (nSPS) is 27.6. The molecule has 152 valence electrons. The van der Waals surface area contributed by atoms with E-state index in [-0.39, 0.29) is 24.5 Å². The maximum atomic E-state index is 13.8. The number of carbonyl (C=O) groups excluding carboxylic acids is 1. The lowest BCUT2D eigenvalue weighted by Crippen LogP contribution is -2.46. The van der Waals surface area contributed by atoms with E-state index in [9.17, 15) is 13.6 Å². The van der Waals surface area contributed by atoms with Crippen LogP contribution in [0, 0.1) is 23.5 Å². The molecule has 0 N–H and O–H groups in total. The molecular weight excluding hydrogens is 413 g/mol. The summed E-state index contributed by atoms with van der Waals surface area (Å²) in [7, 11) is 0.